The molecule has 88 valence electrons. The van der Waals surface area contributed by atoms with Crippen molar-refractivity contribution in [2.75, 3.05) is 0 Å². The van der Waals surface area contributed by atoms with Gasteiger partial charge in [0.15, 0.2) is 12.0 Å². The van der Waals surface area contributed by atoms with Gasteiger partial charge in [0.1, 0.15) is 0 Å². The Morgan fingerprint density at radius 3 is 2.56 bits per heavy atom. The molecule has 1 aromatic rings. The smallest absolute Gasteiger partial charge is 0.171 e. The normalized spacial score (nSPS) is 12.4. The van der Waals surface area contributed by atoms with Gasteiger partial charge >= 0.3 is 0 Å². The topological polar surface area (TPSA) is 17.1 Å². The Hall–Kier alpha value is -1.18. The summed E-state index contributed by atoms with van der Waals surface area (Å²) >= 11 is 0. The first-order valence-electron chi connectivity index (χ1n) is 5.94. The highest BCUT2D eigenvalue weighted by molar-refractivity contribution is 5.85. The van der Waals surface area contributed by atoms with E-state index in [1.54, 1.807) is 0 Å². The third-order valence-corrected chi connectivity index (χ3v) is 2.63. The van der Waals surface area contributed by atoms with E-state index in [0.717, 1.165) is 24.8 Å². The summed E-state index contributed by atoms with van der Waals surface area (Å²) in [5, 5.41) is 0. The van der Waals surface area contributed by atoms with Crippen LogP contribution in [0.3, 0.4) is 0 Å². The standard InChI is InChI=1S/C14H19FO/c1-2-3-5-10-13(15)14(16)11-12-8-6-4-7-9-12/h4,6-9,13H,2-3,5,10-11H2,1H3. The summed E-state index contributed by atoms with van der Waals surface area (Å²) in [6.45, 7) is 2.07. The Kier molecular flexibility index (Phi) is 5.76. The first-order valence-corrected chi connectivity index (χ1v) is 5.94. The van der Waals surface area contributed by atoms with E-state index < -0.39 is 6.17 Å². The number of halogens is 1. The molecule has 0 bridgehead atoms. The van der Waals surface area contributed by atoms with Crippen LogP contribution in [0, 0.1) is 0 Å². The molecule has 1 aromatic carbocycles. The van der Waals surface area contributed by atoms with Crippen molar-refractivity contribution >= 4 is 5.78 Å². The Bertz CT molecular complexity index is 308. The minimum absolute atomic E-state index is 0.216. The summed E-state index contributed by atoms with van der Waals surface area (Å²) in [5.41, 5.74) is 0.894. The molecule has 1 atom stereocenters. The molecule has 0 heterocycles. The summed E-state index contributed by atoms with van der Waals surface area (Å²) in [7, 11) is 0. The summed E-state index contributed by atoms with van der Waals surface area (Å²) in [6.07, 6.45) is 2.16. The zero-order valence-electron chi connectivity index (χ0n) is 9.79. The molecule has 1 nitrogen and oxygen atoms in total. The Labute approximate surface area is 96.7 Å². The summed E-state index contributed by atoms with van der Waals surface area (Å²) < 4.78 is 13.5. The Morgan fingerprint density at radius 1 is 1.25 bits per heavy atom. The molecular weight excluding hydrogens is 203 g/mol. The lowest BCUT2D eigenvalue weighted by atomic mass is 10.0. The van der Waals surface area contributed by atoms with Gasteiger partial charge < -0.3 is 0 Å². The molecule has 0 saturated heterocycles. The SMILES string of the molecule is CCCCCC(F)C(=O)Cc1ccccc1. The van der Waals surface area contributed by atoms with Gasteiger partial charge in [-0.2, -0.15) is 0 Å². The third-order valence-electron chi connectivity index (χ3n) is 2.63. The molecule has 0 spiro atoms. The number of rotatable bonds is 7. The van der Waals surface area contributed by atoms with Crippen molar-refractivity contribution in [1.82, 2.24) is 0 Å². The minimum Gasteiger partial charge on any atom is -0.296 e. The highest BCUT2D eigenvalue weighted by Crippen LogP contribution is 2.10. The maximum Gasteiger partial charge on any atom is 0.171 e. The average molecular weight is 222 g/mol. The number of hydrogen-bond acceptors (Lipinski definition) is 1. The van der Waals surface area contributed by atoms with Crippen molar-refractivity contribution in [3.63, 3.8) is 0 Å². The zero-order chi connectivity index (χ0) is 11.8. The lowest BCUT2D eigenvalue weighted by Crippen LogP contribution is -2.17. The van der Waals surface area contributed by atoms with Gasteiger partial charge in [-0.3, -0.25) is 4.79 Å². The van der Waals surface area contributed by atoms with Crippen molar-refractivity contribution in [2.45, 2.75) is 45.2 Å². The monoisotopic (exact) mass is 222 g/mol. The summed E-state index contributed by atoms with van der Waals surface area (Å²) in [4.78, 5) is 11.5. The van der Waals surface area contributed by atoms with Gasteiger partial charge in [-0.15, -0.1) is 0 Å². The highest BCUT2D eigenvalue weighted by atomic mass is 19.1. The second-order valence-corrected chi connectivity index (χ2v) is 4.09. The number of carbonyl (C=O) groups is 1. The van der Waals surface area contributed by atoms with Crippen molar-refractivity contribution in [3.8, 4) is 0 Å². The van der Waals surface area contributed by atoms with Crippen LogP contribution in [-0.4, -0.2) is 12.0 Å². The van der Waals surface area contributed by atoms with Gasteiger partial charge in [0.05, 0.1) is 0 Å². The quantitative estimate of drug-likeness (QED) is 0.643. The largest absolute Gasteiger partial charge is 0.296 e. The predicted octanol–water partition coefficient (Wildman–Crippen LogP) is 3.72. The third kappa shape index (κ3) is 4.56. The van der Waals surface area contributed by atoms with Crippen LogP contribution in [0.15, 0.2) is 30.3 Å². The van der Waals surface area contributed by atoms with Crippen molar-refractivity contribution in [3.05, 3.63) is 35.9 Å². The van der Waals surface area contributed by atoms with Gasteiger partial charge in [0, 0.05) is 6.42 Å². The van der Waals surface area contributed by atoms with Gasteiger partial charge in [-0.05, 0) is 12.0 Å². The van der Waals surface area contributed by atoms with Gasteiger partial charge in [0.25, 0.3) is 0 Å². The zero-order valence-corrected chi connectivity index (χ0v) is 9.79. The predicted molar refractivity (Wildman–Crippen MR) is 64.2 cm³/mol. The van der Waals surface area contributed by atoms with Crippen LogP contribution in [0.4, 0.5) is 4.39 Å². The van der Waals surface area contributed by atoms with Crippen LogP contribution in [0.2, 0.25) is 0 Å². The van der Waals surface area contributed by atoms with E-state index in [2.05, 4.69) is 6.92 Å². The molecule has 0 radical (unpaired) electrons. The van der Waals surface area contributed by atoms with E-state index in [1.165, 1.54) is 0 Å². The molecule has 2 heteroatoms. The molecule has 0 aromatic heterocycles. The highest BCUT2D eigenvalue weighted by Gasteiger charge is 2.16. The van der Waals surface area contributed by atoms with Crippen LogP contribution in [0.25, 0.3) is 0 Å². The summed E-state index contributed by atoms with van der Waals surface area (Å²) in [5.74, 6) is -0.290. The number of ketones is 1. The fraction of sp³-hybridized carbons (Fsp3) is 0.500. The van der Waals surface area contributed by atoms with E-state index >= 15 is 0 Å². The number of benzene rings is 1. The second kappa shape index (κ2) is 7.15. The van der Waals surface area contributed by atoms with Crippen LogP contribution in [-0.2, 0) is 11.2 Å². The fourth-order valence-corrected chi connectivity index (χ4v) is 1.64. The van der Waals surface area contributed by atoms with Crippen LogP contribution in [0.5, 0.6) is 0 Å². The number of alkyl halides is 1. The molecule has 16 heavy (non-hydrogen) atoms. The Balaban J connectivity index is 2.34. The number of unbranched alkanes of at least 4 members (excludes halogenated alkanes) is 2. The van der Waals surface area contributed by atoms with Crippen LogP contribution < -0.4 is 0 Å². The van der Waals surface area contributed by atoms with Crippen LogP contribution >= 0.6 is 0 Å². The van der Waals surface area contributed by atoms with E-state index in [0.29, 0.717) is 6.42 Å². The summed E-state index contributed by atoms with van der Waals surface area (Å²) in [6, 6.07) is 9.34. The minimum atomic E-state index is -1.29. The maximum atomic E-state index is 13.5. The van der Waals surface area contributed by atoms with E-state index in [9.17, 15) is 9.18 Å². The fourth-order valence-electron chi connectivity index (χ4n) is 1.64. The van der Waals surface area contributed by atoms with Gasteiger partial charge in [-0.25, -0.2) is 4.39 Å². The van der Waals surface area contributed by atoms with E-state index in [-0.39, 0.29) is 12.2 Å². The van der Waals surface area contributed by atoms with E-state index in [1.807, 2.05) is 30.3 Å². The maximum absolute atomic E-state index is 13.5. The van der Waals surface area contributed by atoms with Gasteiger partial charge in [0.2, 0.25) is 0 Å². The number of hydrogen-bond donors (Lipinski definition) is 0. The molecule has 1 rings (SSSR count). The molecule has 0 aliphatic heterocycles. The molecule has 0 amide bonds. The Morgan fingerprint density at radius 2 is 1.94 bits per heavy atom. The molecule has 0 N–H and O–H groups in total. The van der Waals surface area contributed by atoms with E-state index in [4.69, 9.17) is 0 Å². The lowest BCUT2D eigenvalue weighted by molar-refractivity contribution is -0.123. The molecule has 1 unspecified atom stereocenters. The van der Waals surface area contributed by atoms with Crippen molar-refractivity contribution in [2.24, 2.45) is 0 Å². The first kappa shape index (κ1) is 12.9. The molecule has 0 saturated carbocycles. The van der Waals surface area contributed by atoms with Crippen LogP contribution in [0.1, 0.15) is 38.2 Å². The molecule has 0 aliphatic carbocycles. The van der Waals surface area contributed by atoms with Gasteiger partial charge in [-0.1, -0.05) is 56.5 Å². The molecular formula is C14H19FO. The number of Topliss-reactive ketones (excluding diaryl/α,β-unsaturated/α-hetero) is 1. The second-order valence-electron chi connectivity index (χ2n) is 4.09. The van der Waals surface area contributed by atoms with Crippen molar-refractivity contribution in [1.29, 1.82) is 0 Å². The average Bonchev–Trinajstić information content (AvgIpc) is 2.30. The number of carbonyl (C=O) groups excluding carboxylic acids is 1. The van der Waals surface area contributed by atoms with Crippen molar-refractivity contribution < 1.29 is 9.18 Å². The first-order chi connectivity index (χ1) is 7.74. The molecule has 0 fully saturated rings. The lowest BCUT2D eigenvalue weighted by Gasteiger charge is -2.06. The molecule has 0 aliphatic rings.